The summed E-state index contributed by atoms with van der Waals surface area (Å²) in [5.74, 6) is -1.91. The first-order valence-corrected chi connectivity index (χ1v) is 7.94. The Morgan fingerprint density at radius 1 is 1.35 bits per heavy atom. The lowest BCUT2D eigenvalue weighted by molar-refractivity contribution is 0.309. The second-order valence-corrected chi connectivity index (χ2v) is 7.18. The molecule has 1 saturated heterocycles. The van der Waals surface area contributed by atoms with Crippen LogP contribution >= 0.6 is 28.3 Å². The van der Waals surface area contributed by atoms with E-state index in [4.69, 9.17) is 0 Å². The zero-order chi connectivity index (χ0) is 14.2. The third kappa shape index (κ3) is 3.48. The van der Waals surface area contributed by atoms with Gasteiger partial charge in [-0.2, -0.15) is 4.31 Å². The maximum atomic E-state index is 13.7. The molecule has 114 valence electrons. The largest absolute Gasteiger partial charge is 0.312 e. The molecule has 1 aliphatic rings. The maximum absolute atomic E-state index is 13.7. The Morgan fingerprint density at radius 2 is 2.00 bits per heavy atom. The average Bonchev–Trinajstić information content (AvgIpc) is 2.33. The number of rotatable bonds is 2. The molecule has 4 nitrogen and oxygen atoms in total. The standard InChI is InChI=1S/C11H13BrF2N2O2S.ClH/c1-7-6-16(3-2-15-7)19(17,18)11-4-8(12)9(13)5-10(11)14;/h4-5,7,15H,2-3,6H2,1H3;1H/t7-;/m1./s1. The molecule has 9 heteroatoms. The molecule has 1 aromatic carbocycles. The van der Waals surface area contributed by atoms with E-state index in [0.29, 0.717) is 12.6 Å². The van der Waals surface area contributed by atoms with E-state index in [1.165, 1.54) is 4.31 Å². The molecule has 2 rings (SSSR count). The lowest BCUT2D eigenvalue weighted by Crippen LogP contribution is -2.51. The molecule has 1 aromatic rings. The van der Waals surface area contributed by atoms with Gasteiger partial charge >= 0.3 is 0 Å². The van der Waals surface area contributed by atoms with E-state index in [-0.39, 0.29) is 36.0 Å². The summed E-state index contributed by atoms with van der Waals surface area (Å²) in [7, 11) is -3.94. The monoisotopic (exact) mass is 390 g/mol. The number of nitrogens with zero attached hydrogens (tertiary/aromatic N) is 1. The van der Waals surface area contributed by atoms with Crippen LogP contribution < -0.4 is 5.32 Å². The van der Waals surface area contributed by atoms with Gasteiger partial charge in [-0.3, -0.25) is 0 Å². The molecule has 1 fully saturated rings. The fourth-order valence-electron chi connectivity index (χ4n) is 1.96. The molecule has 0 saturated carbocycles. The second-order valence-electron chi connectivity index (χ2n) is 4.41. The molecule has 0 aromatic heterocycles. The molecule has 0 aliphatic carbocycles. The Kier molecular flexibility index (Phi) is 5.91. The molecule has 1 aliphatic heterocycles. The average molecular weight is 392 g/mol. The van der Waals surface area contributed by atoms with Gasteiger partial charge in [-0.15, -0.1) is 12.4 Å². The zero-order valence-corrected chi connectivity index (χ0v) is 13.8. The number of hydrogen-bond donors (Lipinski definition) is 1. The van der Waals surface area contributed by atoms with Gasteiger partial charge in [-0.25, -0.2) is 17.2 Å². The Morgan fingerprint density at radius 3 is 2.60 bits per heavy atom. The Bertz CT molecular complexity index is 600. The van der Waals surface area contributed by atoms with Crippen molar-refractivity contribution in [2.24, 2.45) is 0 Å². The van der Waals surface area contributed by atoms with Crippen molar-refractivity contribution in [2.75, 3.05) is 19.6 Å². The van der Waals surface area contributed by atoms with Gasteiger partial charge in [0.1, 0.15) is 16.5 Å². The van der Waals surface area contributed by atoms with Gasteiger partial charge in [0.2, 0.25) is 10.0 Å². The third-order valence-electron chi connectivity index (χ3n) is 2.92. The van der Waals surface area contributed by atoms with Crippen molar-refractivity contribution in [3.8, 4) is 0 Å². The van der Waals surface area contributed by atoms with Crippen LogP contribution in [-0.4, -0.2) is 38.4 Å². The van der Waals surface area contributed by atoms with Gasteiger partial charge in [0.15, 0.2) is 0 Å². The summed E-state index contributed by atoms with van der Waals surface area (Å²) in [4.78, 5) is -0.505. The summed E-state index contributed by atoms with van der Waals surface area (Å²) in [6.07, 6.45) is 0. The highest BCUT2D eigenvalue weighted by Crippen LogP contribution is 2.26. The fourth-order valence-corrected chi connectivity index (χ4v) is 4.05. The van der Waals surface area contributed by atoms with Gasteiger partial charge in [-0.1, -0.05) is 0 Å². The molecule has 0 amide bonds. The molecular formula is C11H14BrClF2N2O2S. The van der Waals surface area contributed by atoms with Gasteiger partial charge in [-0.05, 0) is 28.9 Å². The predicted molar refractivity (Wildman–Crippen MR) is 77.5 cm³/mol. The second kappa shape index (κ2) is 6.65. The molecule has 1 heterocycles. The van der Waals surface area contributed by atoms with Crippen molar-refractivity contribution in [1.82, 2.24) is 9.62 Å². The van der Waals surface area contributed by atoms with Crippen molar-refractivity contribution in [3.63, 3.8) is 0 Å². The van der Waals surface area contributed by atoms with Crippen molar-refractivity contribution in [2.45, 2.75) is 17.9 Å². The van der Waals surface area contributed by atoms with Crippen molar-refractivity contribution in [3.05, 3.63) is 28.2 Å². The van der Waals surface area contributed by atoms with Crippen LogP contribution in [-0.2, 0) is 10.0 Å². The minimum atomic E-state index is -3.94. The summed E-state index contributed by atoms with van der Waals surface area (Å²) in [6.45, 7) is 2.88. The van der Waals surface area contributed by atoms with Crippen LogP contribution in [0.3, 0.4) is 0 Å². The van der Waals surface area contributed by atoms with Gasteiger partial charge < -0.3 is 5.32 Å². The summed E-state index contributed by atoms with van der Waals surface area (Å²) < 4.78 is 52.6. The Balaban J connectivity index is 0.00000200. The van der Waals surface area contributed by atoms with Gasteiger partial charge in [0, 0.05) is 31.7 Å². The number of sulfonamides is 1. The van der Waals surface area contributed by atoms with Crippen LogP contribution in [0, 0.1) is 11.6 Å². The van der Waals surface area contributed by atoms with Crippen LogP contribution in [0.2, 0.25) is 0 Å². The molecule has 0 bridgehead atoms. The zero-order valence-electron chi connectivity index (χ0n) is 10.6. The number of benzene rings is 1. The molecule has 20 heavy (non-hydrogen) atoms. The number of halogens is 4. The molecule has 1 N–H and O–H groups in total. The topological polar surface area (TPSA) is 49.4 Å². The number of nitrogens with one attached hydrogen (secondary N) is 1. The van der Waals surface area contributed by atoms with E-state index in [9.17, 15) is 17.2 Å². The van der Waals surface area contributed by atoms with Crippen LogP contribution in [0.25, 0.3) is 0 Å². The predicted octanol–water partition coefficient (Wildman–Crippen LogP) is 2.13. The highest BCUT2D eigenvalue weighted by molar-refractivity contribution is 9.10. The maximum Gasteiger partial charge on any atom is 0.246 e. The quantitative estimate of drug-likeness (QED) is 0.786. The summed E-state index contributed by atoms with van der Waals surface area (Å²) >= 11 is 2.87. The normalized spacial score (nSPS) is 20.5. The van der Waals surface area contributed by atoms with Gasteiger partial charge in [0.05, 0.1) is 4.47 Å². The van der Waals surface area contributed by atoms with Crippen LogP contribution in [0.15, 0.2) is 21.5 Å². The van der Waals surface area contributed by atoms with E-state index >= 15 is 0 Å². The highest BCUT2D eigenvalue weighted by atomic mass is 79.9. The SMILES string of the molecule is C[C@@H]1CN(S(=O)(=O)c2cc(Br)c(F)cc2F)CCN1.Cl. The molecule has 1 atom stereocenters. The summed E-state index contributed by atoms with van der Waals surface area (Å²) in [5, 5.41) is 3.10. The first kappa shape index (κ1) is 17.8. The lowest BCUT2D eigenvalue weighted by atomic mass is 10.3. The van der Waals surface area contributed by atoms with E-state index < -0.39 is 26.6 Å². The van der Waals surface area contributed by atoms with Gasteiger partial charge in [0.25, 0.3) is 0 Å². The fraction of sp³-hybridized carbons (Fsp3) is 0.455. The molecule has 0 spiro atoms. The molecule has 0 unspecified atom stereocenters. The van der Waals surface area contributed by atoms with Crippen LogP contribution in [0.4, 0.5) is 8.78 Å². The summed E-state index contributed by atoms with van der Waals surface area (Å²) in [5.41, 5.74) is 0. The van der Waals surface area contributed by atoms with Crippen LogP contribution in [0.5, 0.6) is 0 Å². The van der Waals surface area contributed by atoms with E-state index in [0.717, 1.165) is 6.07 Å². The number of piperazine rings is 1. The Hall–Kier alpha value is -0.280. The van der Waals surface area contributed by atoms with E-state index in [2.05, 4.69) is 21.2 Å². The number of hydrogen-bond acceptors (Lipinski definition) is 3. The first-order valence-electron chi connectivity index (χ1n) is 5.70. The Labute approximate surface area is 131 Å². The van der Waals surface area contributed by atoms with Crippen molar-refractivity contribution >= 4 is 38.4 Å². The molecular weight excluding hydrogens is 378 g/mol. The van der Waals surface area contributed by atoms with E-state index in [1.807, 2.05) is 6.92 Å². The summed E-state index contributed by atoms with van der Waals surface area (Å²) in [6, 6.07) is 1.53. The van der Waals surface area contributed by atoms with Crippen molar-refractivity contribution in [1.29, 1.82) is 0 Å². The molecule has 0 radical (unpaired) electrons. The van der Waals surface area contributed by atoms with Crippen molar-refractivity contribution < 1.29 is 17.2 Å². The highest BCUT2D eigenvalue weighted by Gasteiger charge is 2.31. The van der Waals surface area contributed by atoms with E-state index in [1.54, 1.807) is 0 Å². The van der Waals surface area contributed by atoms with Crippen LogP contribution in [0.1, 0.15) is 6.92 Å². The smallest absolute Gasteiger partial charge is 0.246 e. The first-order chi connectivity index (χ1) is 8.82. The third-order valence-corrected chi connectivity index (χ3v) is 5.41. The minimum Gasteiger partial charge on any atom is -0.312 e. The minimum absolute atomic E-state index is 0. The lowest BCUT2D eigenvalue weighted by Gasteiger charge is -2.31.